The van der Waals surface area contributed by atoms with Crippen molar-refractivity contribution in [2.75, 3.05) is 6.61 Å². The van der Waals surface area contributed by atoms with E-state index in [-0.39, 0.29) is 12.0 Å². The van der Waals surface area contributed by atoms with Gasteiger partial charge in [0.05, 0.1) is 0 Å². The molecule has 2 aliphatic rings. The van der Waals surface area contributed by atoms with E-state index in [2.05, 4.69) is 26.0 Å². The minimum absolute atomic E-state index is 0.00768. The van der Waals surface area contributed by atoms with Crippen molar-refractivity contribution in [2.45, 2.75) is 46.0 Å². The summed E-state index contributed by atoms with van der Waals surface area (Å²) in [5.74, 6) is 0.937. The van der Waals surface area contributed by atoms with Crippen LogP contribution in [0.3, 0.4) is 0 Å². The summed E-state index contributed by atoms with van der Waals surface area (Å²) in [7, 11) is 0. The highest BCUT2D eigenvalue weighted by atomic mass is 16.3. The molecule has 2 nitrogen and oxygen atoms in total. The first kappa shape index (κ1) is 13.5. The van der Waals surface area contributed by atoms with E-state index in [1.54, 1.807) is 0 Å². The highest BCUT2D eigenvalue weighted by Crippen LogP contribution is 2.61. The van der Waals surface area contributed by atoms with E-state index in [9.17, 15) is 9.90 Å². The number of hydrogen-bond donors (Lipinski definition) is 1. The summed E-state index contributed by atoms with van der Waals surface area (Å²) >= 11 is 0. The molecule has 0 aromatic carbocycles. The lowest BCUT2D eigenvalue weighted by molar-refractivity contribution is -0.105. The fourth-order valence-corrected chi connectivity index (χ4v) is 3.29. The molecule has 1 fully saturated rings. The lowest BCUT2D eigenvalue weighted by Gasteiger charge is -2.07. The van der Waals surface area contributed by atoms with E-state index in [1.165, 1.54) is 5.57 Å². The second-order valence-corrected chi connectivity index (χ2v) is 6.14. The van der Waals surface area contributed by atoms with Crippen LogP contribution in [0.1, 0.15) is 46.0 Å². The third-order valence-corrected chi connectivity index (χ3v) is 4.83. The smallest absolute Gasteiger partial charge is 0.145 e. The molecule has 0 heterocycles. The Morgan fingerprint density at radius 1 is 1.50 bits per heavy atom. The zero-order valence-corrected chi connectivity index (χ0v) is 11.5. The third kappa shape index (κ3) is 2.59. The molecule has 3 atom stereocenters. The largest absolute Gasteiger partial charge is 0.396 e. The summed E-state index contributed by atoms with van der Waals surface area (Å²) in [5.41, 5.74) is 2.39. The summed E-state index contributed by atoms with van der Waals surface area (Å²) < 4.78 is 0. The van der Waals surface area contributed by atoms with Gasteiger partial charge in [-0.25, -0.2) is 0 Å². The van der Waals surface area contributed by atoms with Gasteiger partial charge in [0.2, 0.25) is 0 Å². The molecule has 0 spiro atoms. The van der Waals surface area contributed by atoms with Crippen LogP contribution < -0.4 is 0 Å². The van der Waals surface area contributed by atoms with E-state index in [1.807, 2.05) is 0 Å². The van der Waals surface area contributed by atoms with E-state index in [0.717, 1.165) is 44.0 Å². The summed E-state index contributed by atoms with van der Waals surface area (Å²) in [6.45, 7) is 4.57. The summed E-state index contributed by atoms with van der Waals surface area (Å²) in [6.07, 6.45) is 10.7. The SMILES string of the molecule is C/C1=C\CCC/C(C=O)=C\[C@H]2[C@@H](CC1)[C@@]2(C)CO. The Morgan fingerprint density at radius 2 is 2.28 bits per heavy atom. The monoisotopic (exact) mass is 248 g/mol. The molecule has 0 aromatic rings. The van der Waals surface area contributed by atoms with Crippen LogP contribution in [-0.2, 0) is 4.79 Å². The van der Waals surface area contributed by atoms with Crippen LogP contribution in [-0.4, -0.2) is 18.0 Å². The molecule has 0 radical (unpaired) electrons. The van der Waals surface area contributed by atoms with Gasteiger partial charge >= 0.3 is 0 Å². The van der Waals surface area contributed by atoms with Crippen molar-refractivity contribution in [3.05, 3.63) is 23.3 Å². The number of rotatable bonds is 2. The van der Waals surface area contributed by atoms with E-state index in [4.69, 9.17) is 0 Å². The average molecular weight is 248 g/mol. The molecule has 2 aliphatic carbocycles. The number of aldehydes is 1. The Bertz CT molecular complexity index is 381. The van der Waals surface area contributed by atoms with Gasteiger partial charge in [-0.1, -0.05) is 24.6 Å². The van der Waals surface area contributed by atoms with Gasteiger partial charge in [0, 0.05) is 12.0 Å². The summed E-state index contributed by atoms with van der Waals surface area (Å²) in [4.78, 5) is 11.1. The molecule has 2 heteroatoms. The van der Waals surface area contributed by atoms with Crippen molar-refractivity contribution in [2.24, 2.45) is 17.3 Å². The maximum Gasteiger partial charge on any atom is 0.145 e. The first-order valence-electron chi connectivity index (χ1n) is 7.04. The van der Waals surface area contributed by atoms with Crippen LogP contribution in [0.15, 0.2) is 23.3 Å². The van der Waals surface area contributed by atoms with Gasteiger partial charge in [-0.15, -0.1) is 0 Å². The maximum absolute atomic E-state index is 11.1. The second kappa shape index (κ2) is 5.40. The van der Waals surface area contributed by atoms with Gasteiger partial charge in [-0.3, -0.25) is 4.79 Å². The molecular weight excluding hydrogens is 224 g/mol. The van der Waals surface area contributed by atoms with Crippen LogP contribution in [0.25, 0.3) is 0 Å². The Hall–Kier alpha value is -0.890. The Labute approximate surface area is 110 Å². The standard InChI is InChI=1S/C16H24O2/c1-12-5-3-4-6-13(10-17)9-15-14(8-7-12)16(15,2)11-18/h5,9-10,14-15,18H,3-4,6-8,11H2,1-2H3/b12-5+,13-9+/t14-,15+,16-/m1/s1. The van der Waals surface area contributed by atoms with Crippen LogP contribution >= 0.6 is 0 Å². The molecule has 0 aliphatic heterocycles. The van der Waals surface area contributed by atoms with Crippen molar-refractivity contribution in [3.63, 3.8) is 0 Å². The molecule has 1 saturated carbocycles. The number of carbonyl (C=O) groups is 1. The normalized spacial score (nSPS) is 42.6. The highest BCUT2D eigenvalue weighted by molar-refractivity contribution is 5.73. The molecule has 0 bridgehead atoms. The van der Waals surface area contributed by atoms with Gasteiger partial charge < -0.3 is 5.11 Å². The fourth-order valence-electron chi connectivity index (χ4n) is 3.29. The minimum Gasteiger partial charge on any atom is -0.396 e. The number of carbonyl (C=O) groups excluding carboxylic acids is 1. The molecule has 0 unspecified atom stereocenters. The topological polar surface area (TPSA) is 37.3 Å². The molecule has 0 amide bonds. The summed E-state index contributed by atoms with van der Waals surface area (Å²) in [6, 6.07) is 0. The number of hydrogen-bond acceptors (Lipinski definition) is 2. The Balaban J connectivity index is 2.17. The molecule has 0 saturated heterocycles. The van der Waals surface area contributed by atoms with Crippen molar-refractivity contribution < 1.29 is 9.90 Å². The molecule has 100 valence electrons. The maximum atomic E-state index is 11.1. The predicted molar refractivity (Wildman–Crippen MR) is 73.2 cm³/mol. The summed E-state index contributed by atoms with van der Waals surface area (Å²) in [5, 5.41) is 9.57. The van der Waals surface area contributed by atoms with Crippen molar-refractivity contribution in [1.82, 2.24) is 0 Å². The zero-order valence-electron chi connectivity index (χ0n) is 11.5. The quantitative estimate of drug-likeness (QED) is 0.601. The lowest BCUT2D eigenvalue weighted by atomic mass is 10.0. The van der Waals surface area contributed by atoms with Crippen LogP contribution in [0, 0.1) is 17.3 Å². The number of fused-ring (bicyclic) bond motifs is 1. The first-order valence-corrected chi connectivity index (χ1v) is 7.04. The molecular formula is C16H24O2. The van der Waals surface area contributed by atoms with Crippen LogP contribution in [0.4, 0.5) is 0 Å². The number of aliphatic hydroxyl groups excluding tert-OH is 1. The third-order valence-electron chi connectivity index (χ3n) is 4.83. The lowest BCUT2D eigenvalue weighted by Crippen LogP contribution is -2.06. The molecule has 18 heavy (non-hydrogen) atoms. The zero-order chi connectivity index (χ0) is 13.2. The number of allylic oxidation sites excluding steroid dienone is 4. The molecule has 2 rings (SSSR count). The Kier molecular flexibility index (Phi) is 4.06. The highest BCUT2D eigenvalue weighted by Gasteiger charge is 2.58. The van der Waals surface area contributed by atoms with Crippen LogP contribution in [0.5, 0.6) is 0 Å². The van der Waals surface area contributed by atoms with Gasteiger partial charge in [0.15, 0.2) is 0 Å². The van der Waals surface area contributed by atoms with Gasteiger partial charge in [-0.05, 0) is 56.4 Å². The van der Waals surface area contributed by atoms with E-state index in [0.29, 0.717) is 11.8 Å². The molecule has 1 N–H and O–H groups in total. The predicted octanol–water partition coefficient (Wildman–Crippen LogP) is 3.27. The van der Waals surface area contributed by atoms with Crippen LogP contribution in [0.2, 0.25) is 0 Å². The second-order valence-electron chi connectivity index (χ2n) is 6.14. The van der Waals surface area contributed by atoms with Crippen molar-refractivity contribution in [1.29, 1.82) is 0 Å². The number of aliphatic hydroxyl groups is 1. The fraction of sp³-hybridized carbons (Fsp3) is 0.688. The van der Waals surface area contributed by atoms with Gasteiger partial charge in [-0.2, -0.15) is 0 Å². The van der Waals surface area contributed by atoms with Crippen molar-refractivity contribution in [3.8, 4) is 0 Å². The van der Waals surface area contributed by atoms with E-state index >= 15 is 0 Å². The van der Waals surface area contributed by atoms with Gasteiger partial charge in [0.1, 0.15) is 6.29 Å². The van der Waals surface area contributed by atoms with Gasteiger partial charge in [0.25, 0.3) is 0 Å². The average Bonchev–Trinajstić information content (AvgIpc) is 2.95. The Morgan fingerprint density at radius 3 is 2.94 bits per heavy atom. The van der Waals surface area contributed by atoms with Crippen molar-refractivity contribution >= 4 is 6.29 Å². The minimum atomic E-state index is 0.00768. The molecule has 0 aromatic heterocycles. The first-order chi connectivity index (χ1) is 8.61. The van der Waals surface area contributed by atoms with E-state index < -0.39 is 0 Å².